The summed E-state index contributed by atoms with van der Waals surface area (Å²) in [6.07, 6.45) is 0.0420. The van der Waals surface area contributed by atoms with E-state index >= 15 is 0 Å². The molecular formula is C14H18N4O2. The molecule has 6 heteroatoms. The SMILES string of the molecule is COC1CN(c2nc3ccccc3nc2N)CC1OC. The molecule has 106 valence electrons. The van der Waals surface area contributed by atoms with E-state index in [1.54, 1.807) is 14.2 Å². The average molecular weight is 274 g/mol. The fraction of sp³-hybridized carbons (Fsp3) is 0.429. The Bertz CT molecular complexity index is 607. The minimum atomic E-state index is 0.0210. The van der Waals surface area contributed by atoms with Gasteiger partial charge >= 0.3 is 0 Å². The highest BCUT2D eigenvalue weighted by Gasteiger charge is 2.34. The van der Waals surface area contributed by atoms with Crippen molar-refractivity contribution in [3.8, 4) is 0 Å². The molecule has 2 aromatic rings. The van der Waals surface area contributed by atoms with Crippen molar-refractivity contribution in [1.29, 1.82) is 0 Å². The maximum absolute atomic E-state index is 6.04. The number of nitrogens with two attached hydrogens (primary N) is 1. The minimum absolute atomic E-state index is 0.0210. The number of hydrogen-bond donors (Lipinski definition) is 1. The lowest BCUT2D eigenvalue weighted by molar-refractivity contribution is -0.00461. The van der Waals surface area contributed by atoms with Gasteiger partial charge in [-0.2, -0.15) is 0 Å². The van der Waals surface area contributed by atoms with E-state index in [9.17, 15) is 0 Å². The van der Waals surface area contributed by atoms with Crippen molar-refractivity contribution in [2.75, 3.05) is 37.9 Å². The quantitative estimate of drug-likeness (QED) is 0.902. The number of nitrogens with zero attached hydrogens (tertiary/aromatic N) is 3. The predicted octanol–water partition coefficient (Wildman–Crippen LogP) is 1.06. The number of benzene rings is 1. The molecule has 0 aliphatic carbocycles. The molecule has 0 spiro atoms. The molecule has 0 bridgehead atoms. The van der Waals surface area contributed by atoms with Gasteiger partial charge in [0, 0.05) is 27.3 Å². The van der Waals surface area contributed by atoms with Crippen LogP contribution in [0.15, 0.2) is 24.3 Å². The summed E-state index contributed by atoms with van der Waals surface area (Å²) in [4.78, 5) is 11.1. The van der Waals surface area contributed by atoms with Gasteiger partial charge in [-0.05, 0) is 12.1 Å². The summed E-state index contributed by atoms with van der Waals surface area (Å²) in [6, 6.07) is 7.70. The van der Waals surface area contributed by atoms with Gasteiger partial charge in [-0.1, -0.05) is 12.1 Å². The van der Waals surface area contributed by atoms with Gasteiger partial charge in [0.1, 0.15) is 12.2 Å². The van der Waals surface area contributed by atoms with Gasteiger partial charge in [0.05, 0.1) is 11.0 Å². The van der Waals surface area contributed by atoms with Crippen molar-refractivity contribution in [1.82, 2.24) is 9.97 Å². The number of aromatic nitrogens is 2. The second-order valence-electron chi connectivity index (χ2n) is 4.87. The zero-order valence-electron chi connectivity index (χ0n) is 11.6. The van der Waals surface area contributed by atoms with Crippen LogP contribution in [0.5, 0.6) is 0 Å². The number of methoxy groups -OCH3 is 2. The highest BCUT2D eigenvalue weighted by Crippen LogP contribution is 2.27. The molecule has 1 aromatic carbocycles. The number of fused-ring (bicyclic) bond motifs is 1. The lowest BCUT2D eigenvalue weighted by atomic mass is 10.3. The summed E-state index contributed by atoms with van der Waals surface area (Å²) in [7, 11) is 3.38. The van der Waals surface area contributed by atoms with Crippen molar-refractivity contribution in [2.45, 2.75) is 12.2 Å². The molecule has 0 radical (unpaired) electrons. The molecular weight excluding hydrogens is 256 g/mol. The van der Waals surface area contributed by atoms with E-state index in [4.69, 9.17) is 15.2 Å². The van der Waals surface area contributed by atoms with Crippen molar-refractivity contribution >= 4 is 22.7 Å². The first kappa shape index (κ1) is 13.1. The zero-order chi connectivity index (χ0) is 14.1. The maximum Gasteiger partial charge on any atom is 0.172 e. The van der Waals surface area contributed by atoms with E-state index in [-0.39, 0.29) is 12.2 Å². The molecule has 20 heavy (non-hydrogen) atoms. The number of rotatable bonds is 3. The van der Waals surface area contributed by atoms with Crippen LogP contribution in [0.3, 0.4) is 0 Å². The van der Waals surface area contributed by atoms with Crippen molar-refractivity contribution in [3.63, 3.8) is 0 Å². The lowest BCUT2D eigenvalue weighted by Crippen LogP contribution is -2.27. The van der Waals surface area contributed by atoms with Gasteiger partial charge in [-0.15, -0.1) is 0 Å². The van der Waals surface area contributed by atoms with Crippen LogP contribution in [0.1, 0.15) is 0 Å². The Morgan fingerprint density at radius 3 is 2.15 bits per heavy atom. The standard InChI is InChI=1S/C14H18N4O2/c1-19-11-7-18(8-12(11)20-2)14-13(15)16-9-5-3-4-6-10(9)17-14/h3-6,11-12H,7-8H2,1-2H3,(H2,15,16). The zero-order valence-corrected chi connectivity index (χ0v) is 11.6. The molecule has 0 saturated carbocycles. The molecule has 2 unspecified atom stereocenters. The fourth-order valence-corrected chi connectivity index (χ4v) is 2.61. The summed E-state index contributed by atoms with van der Waals surface area (Å²) in [5.41, 5.74) is 7.69. The second-order valence-corrected chi connectivity index (χ2v) is 4.87. The van der Waals surface area contributed by atoms with Crippen LogP contribution in [0, 0.1) is 0 Å². The predicted molar refractivity (Wildman–Crippen MR) is 77.8 cm³/mol. The molecule has 3 rings (SSSR count). The van der Waals surface area contributed by atoms with Crippen molar-refractivity contribution in [3.05, 3.63) is 24.3 Å². The fourth-order valence-electron chi connectivity index (χ4n) is 2.61. The normalized spacial score (nSPS) is 22.6. The molecule has 1 aliphatic rings. The first-order valence-electron chi connectivity index (χ1n) is 6.55. The van der Waals surface area contributed by atoms with Gasteiger partial charge < -0.3 is 20.1 Å². The van der Waals surface area contributed by atoms with Gasteiger partial charge in [0.25, 0.3) is 0 Å². The Balaban J connectivity index is 1.96. The third-order valence-electron chi connectivity index (χ3n) is 3.70. The molecule has 2 N–H and O–H groups in total. The highest BCUT2D eigenvalue weighted by molar-refractivity contribution is 5.79. The Morgan fingerprint density at radius 2 is 1.60 bits per heavy atom. The first-order chi connectivity index (χ1) is 9.72. The summed E-state index contributed by atoms with van der Waals surface area (Å²) < 4.78 is 10.9. The molecule has 1 fully saturated rings. The van der Waals surface area contributed by atoms with Crippen LogP contribution in [0.2, 0.25) is 0 Å². The molecule has 1 aliphatic heterocycles. The van der Waals surface area contributed by atoms with E-state index in [2.05, 4.69) is 14.9 Å². The molecule has 2 heterocycles. The van der Waals surface area contributed by atoms with Crippen LogP contribution < -0.4 is 10.6 Å². The Labute approximate surface area is 117 Å². The summed E-state index contributed by atoms with van der Waals surface area (Å²) in [5, 5.41) is 0. The largest absolute Gasteiger partial charge is 0.381 e. The molecule has 1 saturated heterocycles. The van der Waals surface area contributed by atoms with E-state index in [0.717, 1.165) is 11.0 Å². The smallest absolute Gasteiger partial charge is 0.172 e. The molecule has 2 atom stereocenters. The molecule has 6 nitrogen and oxygen atoms in total. The van der Waals surface area contributed by atoms with Crippen molar-refractivity contribution in [2.24, 2.45) is 0 Å². The summed E-state index contributed by atoms with van der Waals surface area (Å²) >= 11 is 0. The van der Waals surface area contributed by atoms with Crippen LogP contribution >= 0.6 is 0 Å². The summed E-state index contributed by atoms with van der Waals surface area (Å²) in [5.74, 6) is 1.14. The van der Waals surface area contributed by atoms with Crippen LogP contribution in [0.4, 0.5) is 11.6 Å². The van der Waals surface area contributed by atoms with Gasteiger partial charge in [-0.3, -0.25) is 0 Å². The maximum atomic E-state index is 6.04. The lowest BCUT2D eigenvalue weighted by Gasteiger charge is -2.18. The third-order valence-corrected chi connectivity index (χ3v) is 3.70. The van der Waals surface area contributed by atoms with Crippen LogP contribution in [-0.4, -0.2) is 49.5 Å². The van der Waals surface area contributed by atoms with Gasteiger partial charge in [-0.25, -0.2) is 9.97 Å². The number of nitrogen functional groups attached to an aromatic ring is 1. The Hall–Kier alpha value is -1.92. The topological polar surface area (TPSA) is 73.5 Å². The monoisotopic (exact) mass is 274 g/mol. The van der Waals surface area contributed by atoms with E-state index < -0.39 is 0 Å². The average Bonchev–Trinajstić information content (AvgIpc) is 2.89. The minimum Gasteiger partial charge on any atom is -0.381 e. The number of para-hydroxylation sites is 2. The van der Waals surface area contributed by atoms with Crippen molar-refractivity contribution < 1.29 is 9.47 Å². The number of anilines is 2. The first-order valence-corrected chi connectivity index (χ1v) is 6.55. The molecule has 0 amide bonds. The van der Waals surface area contributed by atoms with Gasteiger partial charge in [0.2, 0.25) is 0 Å². The Kier molecular flexibility index (Phi) is 3.42. The number of hydrogen-bond acceptors (Lipinski definition) is 6. The summed E-state index contributed by atoms with van der Waals surface area (Å²) in [6.45, 7) is 1.40. The highest BCUT2D eigenvalue weighted by atomic mass is 16.5. The van der Waals surface area contributed by atoms with Crippen LogP contribution in [-0.2, 0) is 9.47 Å². The number of ether oxygens (including phenoxy) is 2. The second kappa shape index (κ2) is 5.22. The van der Waals surface area contributed by atoms with E-state index in [0.29, 0.717) is 24.7 Å². The van der Waals surface area contributed by atoms with Crippen LogP contribution in [0.25, 0.3) is 11.0 Å². The van der Waals surface area contributed by atoms with E-state index in [1.165, 1.54) is 0 Å². The Morgan fingerprint density at radius 1 is 1.05 bits per heavy atom. The third kappa shape index (κ3) is 2.17. The van der Waals surface area contributed by atoms with E-state index in [1.807, 2.05) is 24.3 Å². The molecule has 1 aromatic heterocycles. The van der Waals surface area contributed by atoms with Gasteiger partial charge in [0.15, 0.2) is 11.6 Å².